The Hall–Kier alpha value is -3.91. The number of ether oxygens (including phenoxy) is 1. The minimum absolute atomic E-state index is 0.437. The number of likely N-dealkylation sites (tertiary alicyclic amines) is 1. The highest BCUT2D eigenvalue weighted by Crippen LogP contribution is 2.32. The molecule has 0 amide bonds. The molecule has 1 aliphatic rings. The summed E-state index contributed by atoms with van der Waals surface area (Å²) >= 11 is 0. The molecule has 0 aliphatic carbocycles. The molecule has 0 saturated carbocycles. The van der Waals surface area contributed by atoms with Crippen LogP contribution in [0.5, 0.6) is 5.75 Å². The molecule has 1 N–H and O–H groups in total. The second-order valence-corrected chi connectivity index (χ2v) is 13.5. The zero-order valence-electron chi connectivity index (χ0n) is 26.4. The molecular formula is C37H39F3N3O3P. The van der Waals surface area contributed by atoms with Crippen LogP contribution in [0, 0.1) is 5.92 Å². The maximum atomic E-state index is 13.0. The number of nitrogens with zero attached hydrogens (tertiary/aromatic N) is 2. The first kappa shape index (κ1) is 33.0. The van der Waals surface area contributed by atoms with Crippen molar-refractivity contribution in [1.82, 2.24) is 14.9 Å². The number of nitrogens with one attached hydrogen (secondary N) is 1. The van der Waals surface area contributed by atoms with Crippen molar-refractivity contribution >= 4 is 19.1 Å². The lowest BCUT2D eigenvalue weighted by Crippen LogP contribution is -2.33. The van der Waals surface area contributed by atoms with E-state index < -0.39 is 19.8 Å². The molecule has 2 heterocycles. The van der Waals surface area contributed by atoms with Gasteiger partial charge in [-0.1, -0.05) is 60.7 Å². The van der Waals surface area contributed by atoms with E-state index in [4.69, 9.17) is 9.26 Å². The van der Waals surface area contributed by atoms with E-state index in [9.17, 15) is 17.7 Å². The molecule has 1 saturated heterocycles. The fraction of sp³-hybridized carbons (Fsp3) is 0.324. The quantitative estimate of drug-likeness (QED) is 0.135. The van der Waals surface area contributed by atoms with Crippen molar-refractivity contribution < 1.29 is 27.0 Å². The molecular weight excluding hydrogens is 622 g/mol. The van der Waals surface area contributed by atoms with Crippen LogP contribution < -0.4 is 4.74 Å². The molecule has 1 atom stereocenters. The predicted octanol–water partition coefficient (Wildman–Crippen LogP) is 9.29. The summed E-state index contributed by atoms with van der Waals surface area (Å²) in [6.45, 7) is 5.60. The van der Waals surface area contributed by atoms with E-state index in [-0.39, 0.29) is 0 Å². The molecule has 47 heavy (non-hydrogen) atoms. The summed E-state index contributed by atoms with van der Waals surface area (Å²) in [7, 11) is -2.07. The molecule has 6 rings (SSSR count). The summed E-state index contributed by atoms with van der Waals surface area (Å²) < 4.78 is 62.5. The molecule has 1 aromatic heterocycles. The standard InChI is InChI=1S/C37H39F3N3O3P/c1-2-46-47(44)25-29-7-5-6-28(20-29)24-45-35-9-4-3-8-31(35)21-26-16-18-43(19-17-26)23-27-10-15-33-34(22-27)42-36(41-33)30-11-13-32(14-12-30)37(38,39)40/h3-15,20,22,26,47H,2,16-19,21,23-25H2,1H3,(H,41,42). The third-order valence-electron chi connectivity index (χ3n) is 8.67. The first-order valence-corrected chi connectivity index (χ1v) is 17.6. The molecule has 1 unspecified atom stereocenters. The van der Waals surface area contributed by atoms with Crippen molar-refractivity contribution in [1.29, 1.82) is 0 Å². The van der Waals surface area contributed by atoms with Crippen molar-refractivity contribution in [3.63, 3.8) is 0 Å². The number of benzene rings is 4. The number of aromatic amines is 1. The number of halogens is 3. The molecule has 1 aliphatic heterocycles. The topological polar surface area (TPSA) is 67.5 Å². The van der Waals surface area contributed by atoms with Gasteiger partial charge in [0.25, 0.3) is 0 Å². The number of H-pyrrole nitrogens is 1. The van der Waals surface area contributed by atoms with Gasteiger partial charge in [-0.25, -0.2) is 4.98 Å². The van der Waals surface area contributed by atoms with Crippen LogP contribution in [0.25, 0.3) is 22.4 Å². The normalized spacial score (nSPS) is 15.2. The lowest BCUT2D eigenvalue weighted by molar-refractivity contribution is -0.137. The number of rotatable bonds is 12. The smallest absolute Gasteiger partial charge is 0.416 e. The fourth-order valence-corrected chi connectivity index (χ4v) is 7.19. The van der Waals surface area contributed by atoms with Crippen LogP contribution >= 0.6 is 8.03 Å². The minimum Gasteiger partial charge on any atom is -0.489 e. The van der Waals surface area contributed by atoms with E-state index in [1.54, 1.807) is 0 Å². The van der Waals surface area contributed by atoms with Gasteiger partial charge in [0.05, 0.1) is 23.2 Å². The highest BCUT2D eigenvalue weighted by atomic mass is 31.1. The third-order valence-corrected chi connectivity index (χ3v) is 9.97. The molecule has 1 fully saturated rings. The Balaban J connectivity index is 1.01. The Bertz CT molecular complexity index is 1820. The van der Waals surface area contributed by atoms with Crippen molar-refractivity contribution in [3.05, 3.63) is 119 Å². The first-order valence-electron chi connectivity index (χ1n) is 16.1. The van der Waals surface area contributed by atoms with Crippen molar-refractivity contribution in [2.75, 3.05) is 19.7 Å². The predicted molar refractivity (Wildman–Crippen MR) is 180 cm³/mol. The van der Waals surface area contributed by atoms with E-state index in [0.29, 0.717) is 36.7 Å². The van der Waals surface area contributed by atoms with E-state index in [2.05, 4.69) is 39.1 Å². The molecule has 0 bridgehead atoms. The molecule has 5 aromatic rings. The zero-order chi connectivity index (χ0) is 32.8. The molecule has 10 heteroatoms. The van der Waals surface area contributed by atoms with Gasteiger partial charge >= 0.3 is 6.18 Å². The molecule has 4 aromatic carbocycles. The van der Waals surface area contributed by atoms with Crippen molar-refractivity contribution in [2.24, 2.45) is 5.92 Å². The third kappa shape index (κ3) is 8.72. The molecule has 6 nitrogen and oxygen atoms in total. The number of para-hydroxylation sites is 1. The summed E-state index contributed by atoms with van der Waals surface area (Å²) in [5.74, 6) is 2.03. The lowest BCUT2D eigenvalue weighted by Gasteiger charge is -2.32. The Labute approximate surface area is 273 Å². The maximum Gasteiger partial charge on any atom is 0.416 e. The van der Waals surface area contributed by atoms with Gasteiger partial charge in [0.1, 0.15) is 18.2 Å². The maximum absolute atomic E-state index is 13.0. The Kier molecular flexibility index (Phi) is 10.5. The van der Waals surface area contributed by atoms with Crippen LogP contribution in [0.2, 0.25) is 0 Å². The number of hydrogen-bond donors (Lipinski definition) is 1. The Morgan fingerprint density at radius 2 is 1.68 bits per heavy atom. The fourth-order valence-electron chi connectivity index (χ4n) is 6.21. The average Bonchev–Trinajstić information content (AvgIpc) is 3.49. The second-order valence-electron chi connectivity index (χ2n) is 12.1. The SMILES string of the molecule is CCO[PH](=O)Cc1cccc(COc2ccccc2CC2CCN(Cc3ccc4nc(-c5ccc(C(F)(F)F)cc5)[nH]c4c3)CC2)c1. The summed E-state index contributed by atoms with van der Waals surface area (Å²) in [5, 5.41) is 0. The largest absolute Gasteiger partial charge is 0.489 e. The number of piperidine rings is 1. The summed E-state index contributed by atoms with van der Waals surface area (Å²) in [6, 6.07) is 27.5. The summed E-state index contributed by atoms with van der Waals surface area (Å²) in [6.07, 6.45) is -0.766. The highest BCUT2D eigenvalue weighted by Gasteiger charge is 2.30. The van der Waals surface area contributed by atoms with Crippen LogP contribution in [0.1, 0.15) is 47.6 Å². The zero-order valence-corrected chi connectivity index (χ0v) is 27.4. The van der Waals surface area contributed by atoms with Gasteiger partial charge in [0.15, 0.2) is 8.03 Å². The molecule has 246 valence electrons. The van der Waals surface area contributed by atoms with Crippen molar-refractivity contribution in [3.8, 4) is 17.1 Å². The Morgan fingerprint density at radius 3 is 2.45 bits per heavy atom. The monoisotopic (exact) mass is 661 g/mol. The number of aromatic nitrogens is 2. The van der Waals surface area contributed by atoms with Gasteiger partial charge in [0.2, 0.25) is 0 Å². The van der Waals surface area contributed by atoms with Gasteiger partial charge in [0, 0.05) is 18.3 Å². The first-order chi connectivity index (χ1) is 22.7. The van der Waals surface area contributed by atoms with Crippen molar-refractivity contribution in [2.45, 2.75) is 51.7 Å². The van der Waals surface area contributed by atoms with E-state index in [1.807, 2.05) is 49.4 Å². The van der Waals surface area contributed by atoms with E-state index in [0.717, 1.165) is 78.9 Å². The van der Waals surface area contributed by atoms with E-state index >= 15 is 0 Å². The van der Waals surface area contributed by atoms with Gasteiger partial charge in [-0.15, -0.1) is 0 Å². The molecule has 0 radical (unpaired) electrons. The van der Waals surface area contributed by atoms with E-state index in [1.165, 1.54) is 23.3 Å². The highest BCUT2D eigenvalue weighted by molar-refractivity contribution is 7.38. The summed E-state index contributed by atoms with van der Waals surface area (Å²) in [4.78, 5) is 10.4. The summed E-state index contributed by atoms with van der Waals surface area (Å²) in [5.41, 5.74) is 6.04. The lowest BCUT2D eigenvalue weighted by atomic mass is 9.89. The Morgan fingerprint density at radius 1 is 0.915 bits per heavy atom. The average molecular weight is 662 g/mol. The number of imidazole rings is 1. The molecule has 0 spiro atoms. The second kappa shape index (κ2) is 14.9. The van der Waals surface area contributed by atoms with Crippen LogP contribution in [0.4, 0.5) is 13.2 Å². The van der Waals surface area contributed by atoms with Crippen LogP contribution in [-0.2, 0) is 41.0 Å². The van der Waals surface area contributed by atoms with Gasteiger partial charge in [-0.2, -0.15) is 13.2 Å². The minimum atomic E-state index is -4.36. The number of alkyl halides is 3. The van der Waals surface area contributed by atoms with Gasteiger partial charge < -0.3 is 14.2 Å². The van der Waals surface area contributed by atoms with Crippen LogP contribution in [0.3, 0.4) is 0 Å². The van der Waals surface area contributed by atoms with Gasteiger partial charge in [-0.3, -0.25) is 9.46 Å². The number of fused-ring (bicyclic) bond motifs is 1. The van der Waals surface area contributed by atoms with Gasteiger partial charge in [-0.05, 0) is 97.8 Å². The van der Waals surface area contributed by atoms with Crippen LogP contribution in [-0.4, -0.2) is 34.6 Å². The number of hydrogen-bond acceptors (Lipinski definition) is 5. The van der Waals surface area contributed by atoms with Crippen LogP contribution in [0.15, 0.2) is 91.0 Å².